The van der Waals surface area contributed by atoms with Gasteiger partial charge >= 0.3 is 0 Å². The molecule has 1 heterocycles. The quantitative estimate of drug-likeness (QED) is 0.383. The van der Waals surface area contributed by atoms with Crippen molar-refractivity contribution in [3.63, 3.8) is 0 Å². The van der Waals surface area contributed by atoms with Crippen LogP contribution in [-0.4, -0.2) is 19.6 Å². The summed E-state index contributed by atoms with van der Waals surface area (Å²) in [4.78, 5) is 0.133. The molecule has 1 aliphatic heterocycles. The molecule has 0 saturated carbocycles. The first-order valence-corrected chi connectivity index (χ1v) is 12.7. The lowest BCUT2D eigenvalue weighted by atomic mass is 9.99. The predicted octanol–water partition coefficient (Wildman–Crippen LogP) is 6.47. The van der Waals surface area contributed by atoms with E-state index in [2.05, 4.69) is 10.6 Å². The highest BCUT2D eigenvalue weighted by Crippen LogP contribution is 2.36. The molecule has 1 atom stereocenters. The second-order valence-corrected chi connectivity index (χ2v) is 10.8. The number of sulfonamides is 1. The molecule has 0 radical (unpaired) electrons. The average Bonchev–Trinajstić information content (AvgIpc) is 2.76. The van der Waals surface area contributed by atoms with Crippen LogP contribution in [0.5, 0.6) is 0 Å². The topological polar surface area (TPSA) is 61.4 Å². The van der Waals surface area contributed by atoms with Crippen LogP contribution in [0, 0.1) is 5.82 Å². The lowest BCUT2D eigenvalue weighted by Crippen LogP contribution is -2.42. The van der Waals surface area contributed by atoms with Crippen molar-refractivity contribution < 1.29 is 12.8 Å². The molecule has 0 bridgehead atoms. The van der Waals surface area contributed by atoms with Crippen molar-refractivity contribution in [2.75, 3.05) is 14.9 Å². The molecule has 0 fully saturated rings. The number of anilines is 3. The van der Waals surface area contributed by atoms with Crippen LogP contribution in [0.15, 0.2) is 65.6 Å². The highest BCUT2D eigenvalue weighted by molar-refractivity contribution is 7.92. The number of thiocarbonyl (C=S) groups is 1. The SMILES string of the molecule is C[C@H]1CCc2cc(F)ccc2N1S(=O)(=O)c1ccc(NC(=S)Nc2cc(Cl)ccc2Cl)cc1. The highest BCUT2D eigenvalue weighted by atomic mass is 35.5. The number of nitrogens with one attached hydrogen (secondary N) is 2. The fraction of sp³-hybridized carbons (Fsp3) is 0.174. The summed E-state index contributed by atoms with van der Waals surface area (Å²) < 4.78 is 41.9. The number of fused-ring (bicyclic) bond motifs is 1. The molecule has 0 unspecified atom stereocenters. The van der Waals surface area contributed by atoms with Crippen LogP contribution < -0.4 is 14.9 Å². The van der Waals surface area contributed by atoms with Crippen molar-refractivity contribution >= 4 is 67.6 Å². The Labute approximate surface area is 207 Å². The number of halogens is 3. The van der Waals surface area contributed by atoms with E-state index >= 15 is 0 Å². The smallest absolute Gasteiger partial charge is 0.264 e. The van der Waals surface area contributed by atoms with Gasteiger partial charge in [0, 0.05) is 16.8 Å². The third-order valence-electron chi connectivity index (χ3n) is 5.36. The van der Waals surface area contributed by atoms with Gasteiger partial charge in [-0.1, -0.05) is 23.2 Å². The summed E-state index contributed by atoms with van der Waals surface area (Å²) in [5.41, 5.74) is 2.35. The summed E-state index contributed by atoms with van der Waals surface area (Å²) in [7, 11) is -3.84. The Bertz CT molecular complexity index is 1320. The van der Waals surface area contributed by atoms with Crippen LogP contribution in [0.4, 0.5) is 21.5 Å². The minimum atomic E-state index is -3.84. The van der Waals surface area contributed by atoms with Gasteiger partial charge in [0.1, 0.15) is 5.82 Å². The third kappa shape index (κ3) is 5.09. The number of aryl methyl sites for hydroxylation is 1. The summed E-state index contributed by atoms with van der Waals surface area (Å²) in [6.45, 7) is 1.85. The highest BCUT2D eigenvalue weighted by Gasteiger charge is 2.34. The Kier molecular flexibility index (Phi) is 6.81. The summed E-state index contributed by atoms with van der Waals surface area (Å²) in [6.07, 6.45) is 1.24. The van der Waals surface area contributed by atoms with E-state index in [0.717, 1.165) is 0 Å². The molecule has 1 aliphatic rings. The zero-order valence-electron chi connectivity index (χ0n) is 17.5. The molecule has 10 heteroatoms. The van der Waals surface area contributed by atoms with E-state index in [1.165, 1.54) is 34.6 Å². The molecule has 2 N–H and O–H groups in total. The molecule has 172 valence electrons. The zero-order valence-corrected chi connectivity index (χ0v) is 20.6. The van der Waals surface area contributed by atoms with E-state index in [1.54, 1.807) is 30.3 Å². The van der Waals surface area contributed by atoms with Gasteiger partial charge in [-0.15, -0.1) is 0 Å². The van der Waals surface area contributed by atoms with Gasteiger partial charge in [-0.3, -0.25) is 4.31 Å². The maximum Gasteiger partial charge on any atom is 0.264 e. The summed E-state index contributed by atoms with van der Waals surface area (Å²) >= 11 is 17.5. The standard InChI is InChI=1S/C23H20Cl2FN3O2S2/c1-14-2-3-15-12-17(26)5-11-22(15)29(14)33(30,31)19-8-6-18(7-9-19)27-23(32)28-21-13-16(24)4-10-20(21)25/h4-14H,2-3H2,1H3,(H2,27,28,32)/t14-/m0/s1. The first kappa shape index (κ1) is 23.8. The summed E-state index contributed by atoms with van der Waals surface area (Å²) in [6, 6.07) is 15.2. The van der Waals surface area contributed by atoms with Gasteiger partial charge in [-0.2, -0.15) is 0 Å². The number of hydrogen-bond acceptors (Lipinski definition) is 3. The average molecular weight is 524 g/mol. The molecule has 0 amide bonds. The Morgan fingerprint density at radius 1 is 1.06 bits per heavy atom. The van der Waals surface area contributed by atoms with Gasteiger partial charge in [0.05, 0.1) is 21.3 Å². The van der Waals surface area contributed by atoms with Crippen LogP contribution in [0.3, 0.4) is 0 Å². The molecule has 33 heavy (non-hydrogen) atoms. The van der Waals surface area contributed by atoms with Crippen LogP contribution in [-0.2, 0) is 16.4 Å². The van der Waals surface area contributed by atoms with Gasteiger partial charge in [0.15, 0.2) is 5.11 Å². The maximum absolute atomic E-state index is 13.7. The van der Waals surface area contributed by atoms with E-state index in [0.29, 0.717) is 45.5 Å². The Morgan fingerprint density at radius 3 is 2.52 bits per heavy atom. The molecule has 5 nitrogen and oxygen atoms in total. The van der Waals surface area contributed by atoms with Crippen molar-refractivity contribution in [3.8, 4) is 0 Å². The molecular weight excluding hydrogens is 504 g/mol. The zero-order chi connectivity index (χ0) is 23.8. The first-order chi connectivity index (χ1) is 15.6. The van der Waals surface area contributed by atoms with Gasteiger partial charge in [-0.05, 0) is 98.2 Å². The van der Waals surface area contributed by atoms with Gasteiger partial charge < -0.3 is 10.6 Å². The fourth-order valence-corrected chi connectivity index (χ4v) is 6.04. The maximum atomic E-state index is 13.7. The molecule has 0 aliphatic carbocycles. The van der Waals surface area contributed by atoms with Gasteiger partial charge in [-0.25, -0.2) is 12.8 Å². The summed E-state index contributed by atoms with van der Waals surface area (Å²) in [5.74, 6) is -0.375. The Morgan fingerprint density at radius 2 is 1.79 bits per heavy atom. The largest absolute Gasteiger partial charge is 0.332 e. The number of hydrogen-bond donors (Lipinski definition) is 2. The van der Waals surface area contributed by atoms with Crippen molar-refractivity contribution in [2.45, 2.75) is 30.7 Å². The number of benzene rings is 3. The molecule has 3 aromatic rings. The summed E-state index contributed by atoms with van der Waals surface area (Å²) in [5, 5.41) is 7.20. The van der Waals surface area contributed by atoms with E-state index in [4.69, 9.17) is 35.4 Å². The number of nitrogens with zero attached hydrogens (tertiary/aromatic N) is 1. The van der Waals surface area contributed by atoms with E-state index < -0.39 is 10.0 Å². The van der Waals surface area contributed by atoms with Crippen molar-refractivity contribution in [3.05, 3.63) is 82.1 Å². The Hall–Kier alpha value is -2.39. The van der Waals surface area contributed by atoms with Gasteiger partial charge in [0.25, 0.3) is 10.0 Å². The number of rotatable bonds is 4. The van der Waals surface area contributed by atoms with Crippen molar-refractivity contribution in [1.29, 1.82) is 0 Å². The molecule has 0 aromatic heterocycles. The second-order valence-electron chi connectivity index (χ2n) is 7.69. The minimum absolute atomic E-state index is 0.133. The van der Waals surface area contributed by atoms with Crippen LogP contribution in [0.1, 0.15) is 18.9 Å². The molecule has 3 aromatic carbocycles. The molecule has 4 rings (SSSR count). The molecule has 0 spiro atoms. The Balaban J connectivity index is 1.53. The predicted molar refractivity (Wildman–Crippen MR) is 137 cm³/mol. The van der Waals surface area contributed by atoms with Crippen molar-refractivity contribution in [2.24, 2.45) is 0 Å². The minimum Gasteiger partial charge on any atom is -0.332 e. The normalized spacial score (nSPS) is 15.6. The van der Waals surface area contributed by atoms with Gasteiger partial charge in [0.2, 0.25) is 0 Å². The van der Waals surface area contributed by atoms with Crippen LogP contribution >= 0.6 is 35.4 Å². The lowest BCUT2D eigenvalue weighted by molar-refractivity contribution is 0.560. The second kappa shape index (κ2) is 9.46. The third-order valence-corrected chi connectivity index (χ3v) is 8.07. The van der Waals surface area contributed by atoms with E-state index in [-0.39, 0.29) is 21.9 Å². The van der Waals surface area contributed by atoms with Crippen LogP contribution in [0.25, 0.3) is 0 Å². The van der Waals surface area contributed by atoms with Crippen LogP contribution in [0.2, 0.25) is 10.0 Å². The lowest BCUT2D eigenvalue weighted by Gasteiger charge is -2.36. The molecule has 0 saturated heterocycles. The van der Waals surface area contributed by atoms with Crippen molar-refractivity contribution in [1.82, 2.24) is 0 Å². The monoisotopic (exact) mass is 523 g/mol. The first-order valence-electron chi connectivity index (χ1n) is 10.1. The molecular formula is C23H20Cl2FN3O2S2. The van der Waals surface area contributed by atoms with E-state index in [9.17, 15) is 12.8 Å². The van der Waals surface area contributed by atoms with E-state index in [1.807, 2.05) is 6.92 Å². The fourth-order valence-electron chi connectivity index (χ4n) is 3.76.